The Hall–Kier alpha value is -1.84. The highest BCUT2D eigenvalue weighted by atomic mass is 16.2. The van der Waals surface area contributed by atoms with Crippen LogP contribution in [-0.4, -0.2) is 29.8 Å². The predicted octanol–water partition coefficient (Wildman–Crippen LogP) is 1.88. The van der Waals surface area contributed by atoms with E-state index in [0.717, 1.165) is 12.8 Å². The van der Waals surface area contributed by atoms with Crippen LogP contribution >= 0.6 is 0 Å². The number of hydrogen-bond acceptors (Lipinski definition) is 2. The third kappa shape index (κ3) is 2.84. The van der Waals surface area contributed by atoms with Crippen molar-refractivity contribution in [1.82, 2.24) is 4.90 Å². The Morgan fingerprint density at radius 1 is 1.35 bits per heavy atom. The fraction of sp³-hybridized carbons (Fsp3) is 0.385. The van der Waals surface area contributed by atoms with Crippen molar-refractivity contribution in [3.63, 3.8) is 0 Å². The van der Waals surface area contributed by atoms with E-state index in [1.54, 1.807) is 29.2 Å². The molecule has 0 atom stereocenters. The minimum absolute atomic E-state index is 0.0136. The van der Waals surface area contributed by atoms with Gasteiger partial charge in [-0.3, -0.25) is 9.59 Å². The molecule has 1 aromatic carbocycles. The van der Waals surface area contributed by atoms with Crippen LogP contribution in [0.4, 0.5) is 5.69 Å². The molecule has 1 saturated carbocycles. The van der Waals surface area contributed by atoms with Gasteiger partial charge in [-0.2, -0.15) is 0 Å². The highest BCUT2D eigenvalue weighted by molar-refractivity contribution is 5.97. The number of rotatable bonds is 3. The van der Waals surface area contributed by atoms with Crippen LogP contribution in [0, 0.1) is 0 Å². The Bertz CT molecular complexity index is 452. The average Bonchev–Trinajstić information content (AvgIpc) is 3.10. The van der Waals surface area contributed by atoms with Crippen LogP contribution in [0.15, 0.2) is 24.3 Å². The molecule has 2 amide bonds. The van der Waals surface area contributed by atoms with Gasteiger partial charge in [0.25, 0.3) is 5.91 Å². The molecular weight excluding hydrogens is 216 g/mol. The minimum atomic E-state index is -0.134. The number of carbonyl (C=O) groups is 2. The Morgan fingerprint density at radius 3 is 2.65 bits per heavy atom. The summed E-state index contributed by atoms with van der Waals surface area (Å²) < 4.78 is 0. The van der Waals surface area contributed by atoms with Crippen LogP contribution in [0.3, 0.4) is 0 Å². The molecule has 1 fully saturated rings. The summed E-state index contributed by atoms with van der Waals surface area (Å²) >= 11 is 0. The molecule has 0 heterocycles. The van der Waals surface area contributed by atoms with Gasteiger partial charge >= 0.3 is 0 Å². The lowest BCUT2D eigenvalue weighted by molar-refractivity contribution is -0.114. The minimum Gasteiger partial charge on any atom is -0.339 e. The maximum Gasteiger partial charge on any atom is 0.253 e. The highest BCUT2D eigenvalue weighted by Gasteiger charge is 2.30. The van der Waals surface area contributed by atoms with Gasteiger partial charge in [-0.25, -0.2) is 0 Å². The van der Waals surface area contributed by atoms with E-state index in [1.165, 1.54) is 6.92 Å². The number of hydrogen-bond donors (Lipinski definition) is 1. The number of benzene rings is 1. The van der Waals surface area contributed by atoms with Crippen LogP contribution in [-0.2, 0) is 4.79 Å². The summed E-state index contributed by atoms with van der Waals surface area (Å²) in [6.45, 7) is 1.45. The first kappa shape index (κ1) is 11.6. The largest absolute Gasteiger partial charge is 0.339 e. The van der Waals surface area contributed by atoms with Crippen molar-refractivity contribution in [3.05, 3.63) is 29.8 Å². The molecule has 0 radical (unpaired) electrons. The molecule has 1 N–H and O–H groups in total. The third-order valence-corrected chi connectivity index (χ3v) is 2.84. The second kappa shape index (κ2) is 4.57. The van der Waals surface area contributed by atoms with Crippen LogP contribution in [0.2, 0.25) is 0 Å². The molecule has 0 unspecified atom stereocenters. The zero-order valence-electron chi connectivity index (χ0n) is 10.1. The molecule has 0 spiro atoms. The second-order valence-corrected chi connectivity index (χ2v) is 4.41. The summed E-state index contributed by atoms with van der Waals surface area (Å²) in [5.74, 6) is -0.121. The number of nitrogens with zero attached hydrogens (tertiary/aromatic N) is 1. The van der Waals surface area contributed by atoms with Gasteiger partial charge in [0.2, 0.25) is 5.91 Å². The summed E-state index contributed by atoms with van der Waals surface area (Å²) in [5, 5.41) is 2.67. The second-order valence-electron chi connectivity index (χ2n) is 4.41. The van der Waals surface area contributed by atoms with E-state index in [1.807, 2.05) is 7.05 Å². The maximum absolute atomic E-state index is 12.1. The third-order valence-electron chi connectivity index (χ3n) is 2.84. The number of carbonyl (C=O) groups excluding carboxylic acids is 2. The van der Waals surface area contributed by atoms with Gasteiger partial charge in [-0.1, -0.05) is 6.07 Å². The lowest BCUT2D eigenvalue weighted by Gasteiger charge is -2.16. The molecule has 17 heavy (non-hydrogen) atoms. The SMILES string of the molecule is CC(=O)Nc1cccc(C(=O)N(C)C2CC2)c1. The Labute approximate surface area is 101 Å². The van der Waals surface area contributed by atoms with Gasteiger partial charge in [0.15, 0.2) is 0 Å². The van der Waals surface area contributed by atoms with Gasteiger partial charge in [0.1, 0.15) is 0 Å². The normalized spacial score (nSPS) is 14.2. The highest BCUT2D eigenvalue weighted by Crippen LogP contribution is 2.27. The molecular formula is C13H16N2O2. The van der Waals surface area contributed by atoms with Crippen LogP contribution < -0.4 is 5.32 Å². The molecule has 4 nitrogen and oxygen atoms in total. The predicted molar refractivity (Wildman–Crippen MR) is 65.9 cm³/mol. The summed E-state index contributed by atoms with van der Waals surface area (Å²) in [5.41, 5.74) is 1.28. The van der Waals surface area contributed by atoms with Crippen molar-refractivity contribution in [1.29, 1.82) is 0 Å². The molecule has 1 aliphatic rings. The van der Waals surface area contributed by atoms with Gasteiger partial charge in [-0.05, 0) is 31.0 Å². The molecule has 0 aromatic heterocycles. The standard InChI is InChI=1S/C13H16N2O2/c1-9(16)14-11-5-3-4-10(8-11)13(17)15(2)12-6-7-12/h3-5,8,12H,6-7H2,1-2H3,(H,14,16). The molecule has 90 valence electrons. The first-order valence-electron chi connectivity index (χ1n) is 5.73. The monoisotopic (exact) mass is 232 g/mol. The summed E-state index contributed by atoms with van der Waals surface area (Å²) in [7, 11) is 1.82. The molecule has 2 rings (SSSR count). The van der Waals surface area contributed by atoms with Crippen molar-refractivity contribution in [2.24, 2.45) is 0 Å². The Balaban J connectivity index is 2.14. The van der Waals surface area contributed by atoms with E-state index < -0.39 is 0 Å². The van der Waals surface area contributed by atoms with E-state index >= 15 is 0 Å². The van der Waals surface area contributed by atoms with Crippen molar-refractivity contribution >= 4 is 17.5 Å². The fourth-order valence-corrected chi connectivity index (χ4v) is 1.76. The van der Waals surface area contributed by atoms with Crippen molar-refractivity contribution in [2.45, 2.75) is 25.8 Å². The molecule has 1 aliphatic carbocycles. The molecule has 0 saturated heterocycles. The quantitative estimate of drug-likeness (QED) is 0.865. The van der Waals surface area contributed by atoms with E-state index in [0.29, 0.717) is 17.3 Å². The number of amides is 2. The molecule has 1 aromatic rings. The molecule has 4 heteroatoms. The topological polar surface area (TPSA) is 49.4 Å². The van der Waals surface area contributed by atoms with Crippen molar-refractivity contribution in [2.75, 3.05) is 12.4 Å². The summed E-state index contributed by atoms with van der Waals surface area (Å²) in [4.78, 5) is 24.8. The lowest BCUT2D eigenvalue weighted by atomic mass is 10.1. The van der Waals surface area contributed by atoms with E-state index in [4.69, 9.17) is 0 Å². The summed E-state index contributed by atoms with van der Waals surface area (Å²) in [6, 6.07) is 7.43. The van der Waals surface area contributed by atoms with E-state index in [-0.39, 0.29) is 11.8 Å². The van der Waals surface area contributed by atoms with Gasteiger partial charge in [0, 0.05) is 31.3 Å². The maximum atomic E-state index is 12.1. The average molecular weight is 232 g/mol. The number of nitrogens with one attached hydrogen (secondary N) is 1. The zero-order valence-corrected chi connectivity index (χ0v) is 10.1. The van der Waals surface area contributed by atoms with Crippen LogP contribution in [0.5, 0.6) is 0 Å². The van der Waals surface area contributed by atoms with Crippen molar-refractivity contribution in [3.8, 4) is 0 Å². The smallest absolute Gasteiger partial charge is 0.253 e. The van der Waals surface area contributed by atoms with Crippen LogP contribution in [0.25, 0.3) is 0 Å². The Kier molecular flexibility index (Phi) is 3.13. The fourth-order valence-electron chi connectivity index (χ4n) is 1.76. The number of anilines is 1. The van der Waals surface area contributed by atoms with Crippen molar-refractivity contribution < 1.29 is 9.59 Å². The van der Waals surface area contributed by atoms with Crippen LogP contribution in [0.1, 0.15) is 30.1 Å². The van der Waals surface area contributed by atoms with E-state index in [9.17, 15) is 9.59 Å². The van der Waals surface area contributed by atoms with Gasteiger partial charge in [0.05, 0.1) is 0 Å². The van der Waals surface area contributed by atoms with Gasteiger partial charge in [-0.15, -0.1) is 0 Å². The zero-order chi connectivity index (χ0) is 12.4. The van der Waals surface area contributed by atoms with Gasteiger partial charge < -0.3 is 10.2 Å². The Morgan fingerprint density at radius 2 is 2.06 bits per heavy atom. The molecule has 0 bridgehead atoms. The van der Waals surface area contributed by atoms with E-state index in [2.05, 4.69) is 5.32 Å². The first-order valence-corrected chi connectivity index (χ1v) is 5.73. The first-order chi connectivity index (χ1) is 8.08. The molecule has 0 aliphatic heterocycles. The summed E-state index contributed by atoms with van der Waals surface area (Å²) in [6.07, 6.45) is 2.18. The lowest BCUT2D eigenvalue weighted by Crippen LogP contribution is -2.28.